The van der Waals surface area contributed by atoms with E-state index in [1.54, 1.807) is 44.6 Å². The first-order valence-electron chi connectivity index (χ1n) is 17.2. The lowest BCUT2D eigenvalue weighted by Gasteiger charge is -2.45. The van der Waals surface area contributed by atoms with Gasteiger partial charge in [-0.25, -0.2) is 8.78 Å². The highest BCUT2D eigenvalue weighted by Crippen LogP contribution is 2.51. The zero-order valence-corrected chi connectivity index (χ0v) is 32.6. The minimum Gasteiger partial charge on any atom is -0.497 e. The van der Waals surface area contributed by atoms with E-state index in [2.05, 4.69) is 33.9 Å². The van der Waals surface area contributed by atoms with Crippen molar-refractivity contribution in [2.45, 2.75) is 95.3 Å². The molecule has 0 bridgehead atoms. The van der Waals surface area contributed by atoms with Crippen molar-refractivity contribution in [3.63, 3.8) is 0 Å². The number of benzene rings is 3. The van der Waals surface area contributed by atoms with Gasteiger partial charge in [0.05, 0.1) is 40.1 Å². The molecule has 51 heavy (non-hydrogen) atoms. The van der Waals surface area contributed by atoms with Crippen LogP contribution in [-0.4, -0.2) is 68.0 Å². The highest BCUT2D eigenvalue weighted by molar-refractivity contribution is 6.74. The first kappa shape index (κ1) is 39.0. The quantitative estimate of drug-likeness (QED) is 0.127. The van der Waals surface area contributed by atoms with Crippen LogP contribution in [-0.2, 0) is 29.8 Å². The Morgan fingerprint density at radius 1 is 0.824 bits per heavy atom. The summed E-state index contributed by atoms with van der Waals surface area (Å²) in [7, 11) is 3.73. The van der Waals surface area contributed by atoms with Gasteiger partial charge in [-0.2, -0.15) is 0 Å². The second kappa shape index (κ2) is 15.4. The van der Waals surface area contributed by atoms with Crippen LogP contribution in [0.4, 0.5) is 8.78 Å². The SMILES string of the molecule is COCOC(C)(C)[C@H]1Cc2c(ccc([C@@H]3O[C@H](c4ccc(OC)cc4)O[C@H](CO[Si](C)(C)C(C)(C)C)[C@@H]3c3cc(OC)c(OC)cc3F)c2F)O1. The third kappa shape index (κ3) is 8.06. The number of methoxy groups -OCH3 is 4. The van der Waals surface area contributed by atoms with E-state index in [4.69, 9.17) is 42.3 Å². The smallest absolute Gasteiger partial charge is 0.192 e. The van der Waals surface area contributed by atoms with E-state index in [0.29, 0.717) is 28.4 Å². The molecule has 1 fully saturated rings. The van der Waals surface area contributed by atoms with Gasteiger partial charge >= 0.3 is 0 Å². The fourth-order valence-corrected chi connectivity index (χ4v) is 7.24. The average Bonchev–Trinajstić information content (AvgIpc) is 3.56. The van der Waals surface area contributed by atoms with Crippen LogP contribution in [0.5, 0.6) is 23.0 Å². The molecule has 0 amide bonds. The van der Waals surface area contributed by atoms with Gasteiger partial charge in [-0.05, 0) is 62.3 Å². The molecular weight excluding hydrogens is 679 g/mol. The fourth-order valence-electron chi connectivity index (χ4n) is 6.23. The van der Waals surface area contributed by atoms with Gasteiger partial charge in [0.1, 0.15) is 41.6 Å². The van der Waals surface area contributed by atoms with E-state index < -0.39 is 56.1 Å². The highest BCUT2D eigenvalue weighted by atomic mass is 28.4. The van der Waals surface area contributed by atoms with Crippen molar-refractivity contribution in [3.05, 3.63) is 82.4 Å². The summed E-state index contributed by atoms with van der Waals surface area (Å²) in [5.41, 5.74) is 0.771. The van der Waals surface area contributed by atoms with Crippen LogP contribution in [0.2, 0.25) is 18.1 Å². The largest absolute Gasteiger partial charge is 0.497 e. The molecule has 5 atom stereocenters. The molecule has 2 aliphatic rings. The Bertz CT molecular complexity index is 1660. The van der Waals surface area contributed by atoms with Crippen molar-refractivity contribution in [2.75, 3.05) is 41.8 Å². The number of halogens is 2. The van der Waals surface area contributed by atoms with Gasteiger partial charge in [-0.3, -0.25) is 0 Å². The Morgan fingerprint density at radius 3 is 2.10 bits per heavy atom. The Hall–Kier alpha value is -3.26. The Kier molecular flexibility index (Phi) is 11.7. The molecule has 3 aromatic rings. The third-order valence-corrected chi connectivity index (χ3v) is 15.0. The van der Waals surface area contributed by atoms with Crippen LogP contribution in [0.3, 0.4) is 0 Å². The predicted molar refractivity (Wildman–Crippen MR) is 191 cm³/mol. The zero-order chi connectivity index (χ0) is 37.3. The van der Waals surface area contributed by atoms with Gasteiger partial charge in [-0.1, -0.05) is 32.9 Å². The fraction of sp³-hybridized carbons (Fsp3) is 0.538. The van der Waals surface area contributed by atoms with Gasteiger partial charge in [0.15, 0.2) is 26.1 Å². The van der Waals surface area contributed by atoms with E-state index in [9.17, 15) is 0 Å². The molecule has 280 valence electrons. The zero-order valence-electron chi connectivity index (χ0n) is 31.6. The summed E-state index contributed by atoms with van der Waals surface area (Å²) in [5.74, 6) is -0.311. The molecule has 12 heteroatoms. The number of hydrogen-bond donors (Lipinski definition) is 0. The van der Waals surface area contributed by atoms with Crippen molar-refractivity contribution in [1.82, 2.24) is 0 Å². The van der Waals surface area contributed by atoms with E-state index in [0.717, 1.165) is 0 Å². The first-order valence-corrected chi connectivity index (χ1v) is 20.1. The molecule has 0 aliphatic carbocycles. The topological polar surface area (TPSA) is 83.1 Å². The second-order valence-electron chi connectivity index (χ2n) is 15.1. The lowest BCUT2D eigenvalue weighted by Crippen LogP contribution is -2.46. The van der Waals surface area contributed by atoms with Crippen LogP contribution in [0.1, 0.15) is 75.2 Å². The van der Waals surface area contributed by atoms with E-state index in [1.807, 2.05) is 26.0 Å². The van der Waals surface area contributed by atoms with Crippen LogP contribution < -0.4 is 18.9 Å². The summed E-state index contributed by atoms with van der Waals surface area (Å²) < 4.78 is 87.2. The predicted octanol–water partition coefficient (Wildman–Crippen LogP) is 8.65. The molecule has 2 aliphatic heterocycles. The van der Waals surface area contributed by atoms with E-state index in [1.165, 1.54) is 20.3 Å². The molecule has 0 radical (unpaired) electrons. The van der Waals surface area contributed by atoms with Gasteiger partial charge in [0, 0.05) is 47.8 Å². The van der Waals surface area contributed by atoms with Crippen molar-refractivity contribution >= 4 is 8.32 Å². The number of hydrogen-bond acceptors (Lipinski definition) is 9. The molecule has 2 heterocycles. The lowest BCUT2D eigenvalue weighted by molar-refractivity contribution is -0.266. The molecule has 5 rings (SSSR count). The molecular formula is C39H52F2O9Si. The average molecular weight is 731 g/mol. The van der Waals surface area contributed by atoms with Crippen LogP contribution in [0, 0.1) is 11.6 Å². The summed E-state index contributed by atoms with van der Waals surface area (Å²) in [6, 6.07) is 13.5. The number of fused-ring (bicyclic) bond motifs is 1. The van der Waals surface area contributed by atoms with Gasteiger partial charge < -0.3 is 42.3 Å². The van der Waals surface area contributed by atoms with Crippen LogP contribution in [0.25, 0.3) is 0 Å². The van der Waals surface area contributed by atoms with Crippen molar-refractivity contribution in [1.29, 1.82) is 0 Å². The van der Waals surface area contributed by atoms with Crippen LogP contribution >= 0.6 is 0 Å². The first-order chi connectivity index (χ1) is 24.0. The minimum atomic E-state index is -2.33. The van der Waals surface area contributed by atoms with Gasteiger partial charge in [0.25, 0.3) is 0 Å². The summed E-state index contributed by atoms with van der Waals surface area (Å²) in [6.45, 7) is 14.7. The highest BCUT2D eigenvalue weighted by Gasteiger charge is 2.48. The Labute approximate surface area is 301 Å². The maximum absolute atomic E-state index is 17.1. The monoisotopic (exact) mass is 730 g/mol. The summed E-state index contributed by atoms with van der Waals surface area (Å²) in [4.78, 5) is 0. The summed E-state index contributed by atoms with van der Waals surface area (Å²) in [5, 5.41) is -0.111. The van der Waals surface area contributed by atoms with Crippen molar-refractivity contribution < 1.29 is 51.1 Å². The van der Waals surface area contributed by atoms with E-state index in [-0.39, 0.29) is 41.7 Å². The molecule has 0 saturated carbocycles. The van der Waals surface area contributed by atoms with Crippen molar-refractivity contribution in [2.24, 2.45) is 0 Å². The minimum absolute atomic E-state index is 0.0660. The van der Waals surface area contributed by atoms with Crippen LogP contribution in [0.15, 0.2) is 48.5 Å². The van der Waals surface area contributed by atoms with Gasteiger partial charge in [-0.15, -0.1) is 0 Å². The normalized spacial score (nSPS) is 22.3. The maximum Gasteiger partial charge on any atom is 0.192 e. The Balaban J connectivity index is 1.65. The van der Waals surface area contributed by atoms with E-state index >= 15 is 8.78 Å². The standard InChI is InChI=1S/C39H52F2O9Si/c1-38(2,3)51(10,11)47-21-32-34(26-18-30(44-8)31(45-9)20-28(26)40)36(50-37(49-32)23-12-14-24(43-7)15-13-23)25-16-17-29-27(35(25)41)19-33(48-29)39(4,5)46-22-42-6/h12-18,20,32-34,36-37H,19,21-22H2,1-11H3/t32-,33-,34+,36+,37-/m1/s1. The summed E-state index contributed by atoms with van der Waals surface area (Å²) >= 11 is 0. The molecule has 9 nitrogen and oxygen atoms in total. The number of ether oxygens (including phenoxy) is 8. The molecule has 0 unspecified atom stereocenters. The molecule has 0 N–H and O–H groups in total. The second-order valence-corrected chi connectivity index (χ2v) is 19.9. The van der Waals surface area contributed by atoms with Crippen molar-refractivity contribution in [3.8, 4) is 23.0 Å². The molecule has 3 aromatic carbocycles. The lowest BCUT2D eigenvalue weighted by atomic mass is 9.82. The summed E-state index contributed by atoms with van der Waals surface area (Å²) in [6.07, 6.45) is -2.94. The molecule has 0 aromatic heterocycles. The maximum atomic E-state index is 17.1. The third-order valence-electron chi connectivity index (χ3n) is 10.5. The van der Waals surface area contributed by atoms with Gasteiger partial charge in [0.2, 0.25) is 0 Å². The number of rotatable bonds is 13. The molecule has 0 spiro atoms. The molecule has 1 saturated heterocycles. The Morgan fingerprint density at radius 2 is 1.49 bits per heavy atom.